The Kier molecular flexibility index (Phi) is 6.98. The van der Waals surface area contributed by atoms with Gasteiger partial charge in [-0.05, 0) is 31.7 Å². The zero-order valence-electron chi connectivity index (χ0n) is 11.5. The second kappa shape index (κ2) is 8.27. The van der Waals surface area contributed by atoms with Crippen LogP contribution >= 0.6 is 11.3 Å². The summed E-state index contributed by atoms with van der Waals surface area (Å²) < 4.78 is 0. The van der Waals surface area contributed by atoms with Crippen molar-refractivity contribution in [2.24, 2.45) is 0 Å². The summed E-state index contributed by atoms with van der Waals surface area (Å²) in [5.41, 5.74) is 0. The lowest BCUT2D eigenvalue weighted by Crippen LogP contribution is -2.43. The van der Waals surface area contributed by atoms with Gasteiger partial charge in [0, 0.05) is 17.5 Å². The lowest BCUT2D eigenvalue weighted by molar-refractivity contribution is -0.122. The number of hydrogen-bond donors (Lipinski definition) is 2. The van der Waals surface area contributed by atoms with E-state index in [1.165, 1.54) is 17.7 Å². The van der Waals surface area contributed by atoms with Crippen molar-refractivity contribution in [1.82, 2.24) is 10.6 Å². The van der Waals surface area contributed by atoms with Gasteiger partial charge >= 0.3 is 0 Å². The van der Waals surface area contributed by atoms with E-state index in [1.807, 2.05) is 13.0 Å². The fourth-order valence-electron chi connectivity index (χ4n) is 1.81. The fourth-order valence-corrected chi connectivity index (χ4v) is 2.55. The topological polar surface area (TPSA) is 41.1 Å². The largest absolute Gasteiger partial charge is 0.355 e. The number of thiophene rings is 1. The van der Waals surface area contributed by atoms with Crippen molar-refractivity contribution in [1.29, 1.82) is 0 Å². The minimum Gasteiger partial charge on any atom is -0.355 e. The van der Waals surface area contributed by atoms with Gasteiger partial charge in [-0.15, -0.1) is 11.3 Å². The third-order valence-electron chi connectivity index (χ3n) is 2.94. The third-order valence-corrected chi connectivity index (χ3v) is 4.00. The molecule has 2 atom stereocenters. The quantitative estimate of drug-likeness (QED) is 0.711. The van der Waals surface area contributed by atoms with Gasteiger partial charge in [-0.2, -0.15) is 0 Å². The molecule has 0 radical (unpaired) electrons. The normalized spacial score (nSPS) is 14.2. The molecule has 1 heterocycles. The molecular weight excluding hydrogens is 244 g/mol. The summed E-state index contributed by atoms with van der Waals surface area (Å²) in [5.74, 6) is 0.0921. The lowest BCUT2D eigenvalue weighted by Gasteiger charge is -2.18. The van der Waals surface area contributed by atoms with E-state index in [9.17, 15) is 4.79 Å². The molecule has 1 aromatic rings. The van der Waals surface area contributed by atoms with Crippen LogP contribution in [0.2, 0.25) is 0 Å². The van der Waals surface area contributed by atoms with Gasteiger partial charge in [0.2, 0.25) is 5.91 Å². The molecule has 4 heteroatoms. The van der Waals surface area contributed by atoms with E-state index in [0.717, 1.165) is 13.0 Å². The molecule has 0 aromatic carbocycles. The Bertz CT molecular complexity index is 338. The molecule has 1 amide bonds. The van der Waals surface area contributed by atoms with E-state index < -0.39 is 0 Å². The Balaban J connectivity index is 2.27. The standard InChI is InChI=1S/C14H24N2OS/c1-4-5-6-9-15-14(17)12(3)16-11(2)13-8-7-10-18-13/h7-8,10-12,16H,4-6,9H2,1-3H3,(H,15,17)/t11-,12?/m1/s1. The van der Waals surface area contributed by atoms with Crippen LogP contribution in [0, 0.1) is 0 Å². The Morgan fingerprint density at radius 2 is 2.17 bits per heavy atom. The Morgan fingerprint density at radius 1 is 1.39 bits per heavy atom. The van der Waals surface area contributed by atoms with Crippen molar-refractivity contribution in [2.45, 2.75) is 52.1 Å². The first kappa shape index (κ1) is 15.2. The highest BCUT2D eigenvalue weighted by Gasteiger charge is 2.15. The second-order valence-corrected chi connectivity index (χ2v) is 5.60. The number of hydrogen-bond acceptors (Lipinski definition) is 3. The monoisotopic (exact) mass is 268 g/mol. The van der Waals surface area contributed by atoms with Gasteiger partial charge in [-0.3, -0.25) is 10.1 Å². The lowest BCUT2D eigenvalue weighted by atomic mass is 10.2. The molecule has 1 aromatic heterocycles. The first-order valence-electron chi connectivity index (χ1n) is 6.72. The van der Waals surface area contributed by atoms with E-state index in [4.69, 9.17) is 0 Å². The smallest absolute Gasteiger partial charge is 0.236 e. The van der Waals surface area contributed by atoms with E-state index in [0.29, 0.717) is 0 Å². The van der Waals surface area contributed by atoms with Gasteiger partial charge in [0.1, 0.15) is 0 Å². The number of nitrogens with one attached hydrogen (secondary N) is 2. The van der Waals surface area contributed by atoms with Crippen LogP contribution in [0.5, 0.6) is 0 Å². The van der Waals surface area contributed by atoms with Gasteiger partial charge < -0.3 is 5.32 Å². The van der Waals surface area contributed by atoms with Crippen LogP contribution in [0.4, 0.5) is 0 Å². The minimum atomic E-state index is -0.149. The van der Waals surface area contributed by atoms with Gasteiger partial charge in [0.25, 0.3) is 0 Å². The summed E-state index contributed by atoms with van der Waals surface area (Å²) in [6, 6.07) is 4.20. The van der Waals surface area contributed by atoms with Crippen LogP contribution in [0.25, 0.3) is 0 Å². The maximum absolute atomic E-state index is 11.8. The summed E-state index contributed by atoms with van der Waals surface area (Å²) in [4.78, 5) is 13.1. The Hall–Kier alpha value is -0.870. The summed E-state index contributed by atoms with van der Waals surface area (Å²) in [6.45, 7) is 6.95. The van der Waals surface area contributed by atoms with Crippen molar-refractivity contribution in [2.75, 3.05) is 6.54 Å². The molecule has 3 nitrogen and oxygen atoms in total. The van der Waals surface area contributed by atoms with Crippen LogP contribution in [0.1, 0.15) is 51.0 Å². The summed E-state index contributed by atoms with van der Waals surface area (Å²) in [5, 5.41) is 8.35. The highest BCUT2D eigenvalue weighted by molar-refractivity contribution is 7.10. The maximum Gasteiger partial charge on any atom is 0.236 e. The van der Waals surface area contributed by atoms with Crippen molar-refractivity contribution >= 4 is 17.2 Å². The molecule has 0 saturated carbocycles. The first-order chi connectivity index (χ1) is 8.65. The molecule has 0 bridgehead atoms. The number of carbonyl (C=O) groups excluding carboxylic acids is 1. The molecule has 102 valence electrons. The maximum atomic E-state index is 11.8. The molecule has 1 unspecified atom stereocenters. The third kappa shape index (κ3) is 5.19. The van der Waals surface area contributed by atoms with Crippen molar-refractivity contribution in [3.8, 4) is 0 Å². The van der Waals surface area contributed by atoms with Gasteiger partial charge in [0.05, 0.1) is 6.04 Å². The van der Waals surface area contributed by atoms with Crippen LogP contribution < -0.4 is 10.6 Å². The van der Waals surface area contributed by atoms with Gasteiger partial charge in [-0.25, -0.2) is 0 Å². The SMILES string of the molecule is CCCCCNC(=O)C(C)N[C@H](C)c1cccs1. The van der Waals surface area contributed by atoms with Crippen LogP contribution in [-0.2, 0) is 4.79 Å². The van der Waals surface area contributed by atoms with Crippen molar-refractivity contribution in [3.05, 3.63) is 22.4 Å². The van der Waals surface area contributed by atoms with Gasteiger partial charge in [-0.1, -0.05) is 25.8 Å². The van der Waals surface area contributed by atoms with E-state index in [1.54, 1.807) is 11.3 Å². The van der Waals surface area contributed by atoms with E-state index >= 15 is 0 Å². The molecule has 1 rings (SSSR count). The number of amides is 1. The van der Waals surface area contributed by atoms with Crippen molar-refractivity contribution < 1.29 is 4.79 Å². The number of unbranched alkanes of at least 4 members (excludes halogenated alkanes) is 2. The van der Waals surface area contributed by atoms with Crippen LogP contribution in [-0.4, -0.2) is 18.5 Å². The molecule has 0 aliphatic carbocycles. The molecule has 2 N–H and O–H groups in total. The Labute approximate surface area is 114 Å². The highest BCUT2D eigenvalue weighted by atomic mass is 32.1. The van der Waals surface area contributed by atoms with E-state index in [2.05, 4.69) is 35.9 Å². The second-order valence-electron chi connectivity index (χ2n) is 4.62. The van der Waals surface area contributed by atoms with Gasteiger partial charge in [0.15, 0.2) is 0 Å². The zero-order valence-corrected chi connectivity index (χ0v) is 12.3. The predicted octanol–water partition coefficient (Wildman–Crippen LogP) is 3.09. The zero-order chi connectivity index (χ0) is 13.4. The molecule has 0 saturated heterocycles. The molecule has 0 aliphatic heterocycles. The van der Waals surface area contributed by atoms with Crippen LogP contribution in [0.3, 0.4) is 0 Å². The number of carbonyl (C=O) groups is 1. The highest BCUT2D eigenvalue weighted by Crippen LogP contribution is 2.18. The summed E-state index contributed by atoms with van der Waals surface area (Å²) in [7, 11) is 0. The minimum absolute atomic E-state index is 0.0921. The molecular formula is C14H24N2OS. The predicted molar refractivity (Wildman–Crippen MR) is 77.9 cm³/mol. The molecule has 0 aliphatic rings. The average molecular weight is 268 g/mol. The van der Waals surface area contributed by atoms with E-state index in [-0.39, 0.29) is 18.0 Å². The van der Waals surface area contributed by atoms with Crippen molar-refractivity contribution in [3.63, 3.8) is 0 Å². The average Bonchev–Trinajstić information content (AvgIpc) is 2.88. The molecule has 18 heavy (non-hydrogen) atoms. The molecule has 0 fully saturated rings. The first-order valence-corrected chi connectivity index (χ1v) is 7.60. The van der Waals surface area contributed by atoms with Crippen LogP contribution in [0.15, 0.2) is 17.5 Å². The fraction of sp³-hybridized carbons (Fsp3) is 0.643. The Morgan fingerprint density at radius 3 is 2.78 bits per heavy atom. The number of rotatable bonds is 8. The summed E-state index contributed by atoms with van der Waals surface area (Å²) >= 11 is 1.71. The molecule has 0 spiro atoms. The summed E-state index contributed by atoms with van der Waals surface area (Å²) in [6.07, 6.45) is 3.42.